The van der Waals surface area contributed by atoms with Crippen molar-refractivity contribution >= 4 is 27.5 Å². The van der Waals surface area contributed by atoms with E-state index in [9.17, 15) is 13.2 Å². The predicted molar refractivity (Wildman–Crippen MR) is 86.6 cm³/mol. The molecule has 1 heterocycles. The summed E-state index contributed by atoms with van der Waals surface area (Å²) >= 11 is 6.13. The van der Waals surface area contributed by atoms with Gasteiger partial charge in [0.1, 0.15) is 0 Å². The SMILES string of the molecule is CNS(=O)(=O)c1ccc(Cl)c(C(=O)N2CCC[C@H]2C(C)C)c1. The molecule has 0 aliphatic carbocycles. The molecular weight excluding hydrogens is 324 g/mol. The number of benzene rings is 1. The monoisotopic (exact) mass is 344 g/mol. The number of hydrogen-bond donors (Lipinski definition) is 1. The first-order chi connectivity index (χ1) is 10.3. The summed E-state index contributed by atoms with van der Waals surface area (Å²) in [6, 6.07) is 4.38. The van der Waals surface area contributed by atoms with Crippen LogP contribution < -0.4 is 4.72 Å². The van der Waals surface area contributed by atoms with E-state index in [2.05, 4.69) is 18.6 Å². The quantitative estimate of drug-likeness (QED) is 0.912. The Labute approximate surface area is 136 Å². The summed E-state index contributed by atoms with van der Waals surface area (Å²) in [6.07, 6.45) is 1.93. The van der Waals surface area contributed by atoms with Crippen LogP contribution in [0.3, 0.4) is 0 Å². The summed E-state index contributed by atoms with van der Waals surface area (Å²) in [5, 5.41) is 0.273. The molecule has 0 bridgehead atoms. The number of halogens is 1. The van der Waals surface area contributed by atoms with E-state index in [4.69, 9.17) is 11.6 Å². The van der Waals surface area contributed by atoms with E-state index >= 15 is 0 Å². The Hall–Kier alpha value is -1.11. The number of nitrogens with zero attached hydrogens (tertiary/aromatic N) is 1. The van der Waals surface area contributed by atoms with Crippen LogP contribution in [0.5, 0.6) is 0 Å². The topological polar surface area (TPSA) is 66.5 Å². The van der Waals surface area contributed by atoms with Gasteiger partial charge in [-0.15, -0.1) is 0 Å². The number of nitrogens with one attached hydrogen (secondary N) is 1. The molecule has 0 saturated carbocycles. The van der Waals surface area contributed by atoms with Crippen LogP contribution in [0.15, 0.2) is 23.1 Å². The first-order valence-electron chi connectivity index (χ1n) is 7.32. The number of sulfonamides is 1. The van der Waals surface area contributed by atoms with Gasteiger partial charge in [-0.05, 0) is 44.0 Å². The van der Waals surface area contributed by atoms with Gasteiger partial charge >= 0.3 is 0 Å². The van der Waals surface area contributed by atoms with E-state index in [1.54, 1.807) is 0 Å². The predicted octanol–water partition coefficient (Wildman–Crippen LogP) is 2.51. The van der Waals surface area contributed by atoms with Crippen LogP contribution in [0.25, 0.3) is 0 Å². The van der Waals surface area contributed by atoms with Gasteiger partial charge in [0.05, 0.1) is 15.5 Å². The van der Waals surface area contributed by atoms with Crippen LogP contribution in [0, 0.1) is 5.92 Å². The maximum Gasteiger partial charge on any atom is 0.255 e. The molecule has 0 aromatic heterocycles. The summed E-state index contributed by atoms with van der Waals surface area (Å²) in [4.78, 5) is 14.6. The summed E-state index contributed by atoms with van der Waals surface area (Å²) in [7, 11) is -2.27. The fourth-order valence-electron chi connectivity index (χ4n) is 2.85. The lowest BCUT2D eigenvalue weighted by Gasteiger charge is -2.28. The highest BCUT2D eigenvalue weighted by atomic mass is 35.5. The van der Waals surface area contributed by atoms with Crippen molar-refractivity contribution in [2.75, 3.05) is 13.6 Å². The number of likely N-dealkylation sites (tertiary alicyclic amines) is 1. The van der Waals surface area contributed by atoms with Crippen LogP contribution >= 0.6 is 11.6 Å². The molecule has 1 aromatic rings. The first kappa shape index (κ1) is 17.2. The van der Waals surface area contributed by atoms with Crippen molar-refractivity contribution in [3.63, 3.8) is 0 Å². The van der Waals surface area contributed by atoms with Gasteiger partial charge in [0.15, 0.2) is 0 Å². The highest BCUT2D eigenvalue weighted by molar-refractivity contribution is 7.89. The lowest BCUT2D eigenvalue weighted by atomic mass is 10.0. The second kappa shape index (κ2) is 6.56. The third-order valence-corrected chi connectivity index (χ3v) is 5.82. The van der Waals surface area contributed by atoms with Crippen LogP contribution in [0.4, 0.5) is 0 Å². The number of carbonyl (C=O) groups excluding carboxylic acids is 1. The fourth-order valence-corrected chi connectivity index (χ4v) is 3.80. The average molecular weight is 345 g/mol. The molecule has 122 valence electrons. The maximum absolute atomic E-state index is 12.8. The fraction of sp³-hybridized carbons (Fsp3) is 0.533. The molecule has 1 amide bonds. The van der Waals surface area contributed by atoms with E-state index in [1.807, 2.05) is 4.90 Å². The normalized spacial score (nSPS) is 19.0. The molecule has 1 aliphatic heterocycles. The lowest BCUT2D eigenvalue weighted by molar-refractivity contribution is 0.0701. The maximum atomic E-state index is 12.8. The van der Waals surface area contributed by atoms with Crippen LogP contribution in [-0.2, 0) is 10.0 Å². The van der Waals surface area contributed by atoms with Crippen molar-refractivity contribution in [2.24, 2.45) is 5.92 Å². The molecule has 0 unspecified atom stereocenters. The van der Waals surface area contributed by atoms with Gasteiger partial charge in [0.25, 0.3) is 5.91 Å². The van der Waals surface area contributed by atoms with Gasteiger partial charge in [-0.25, -0.2) is 13.1 Å². The molecule has 2 rings (SSSR count). The highest BCUT2D eigenvalue weighted by Gasteiger charge is 2.32. The highest BCUT2D eigenvalue weighted by Crippen LogP contribution is 2.28. The molecule has 1 atom stereocenters. The number of hydrogen-bond acceptors (Lipinski definition) is 3. The summed E-state index contributed by atoms with van der Waals surface area (Å²) < 4.78 is 26.0. The Morgan fingerprint density at radius 2 is 2.09 bits per heavy atom. The molecule has 22 heavy (non-hydrogen) atoms. The zero-order chi connectivity index (χ0) is 16.5. The summed E-state index contributed by atoms with van der Waals surface area (Å²) in [5.74, 6) is 0.156. The molecular formula is C15H21ClN2O3S. The zero-order valence-corrected chi connectivity index (χ0v) is 14.5. The summed E-state index contributed by atoms with van der Waals surface area (Å²) in [6.45, 7) is 4.85. The van der Waals surface area contributed by atoms with Crippen molar-refractivity contribution in [1.82, 2.24) is 9.62 Å². The molecule has 1 fully saturated rings. The van der Waals surface area contributed by atoms with Crippen molar-refractivity contribution in [1.29, 1.82) is 0 Å². The number of amides is 1. The van der Waals surface area contributed by atoms with Gasteiger partial charge in [-0.2, -0.15) is 0 Å². The minimum Gasteiger partial charge on any atom is -0.335 e. The van der Waals surface area contributed by atoms with Gasteiger partial charge < -0.3 is 4.90 Å². The molecule has 1 N–H and O–H groups in total. The van der Waals surface area contributed by atoms with Crippen molar-refractivity contribution < 1.29 is 13.2 Å². The molecule has 1 aromatic carbocycles. The third kappa shape index (κ3) is 3.29. The Morgan fingerprint density at radius 1 is 1.41 bits per heavy atom. The smallest absolute Gasteiger partial charge is 0.255 e. The largest absolute Gasteiger partial charge is 0.335 e. The van der Waals surface area contributed by atoms with Crippen LogP contribution in [-0.4, -0.2) is 38.9 Å². The second-order valence-electron chi connectivity index (χ2n) is 5.80. The van der Waals surface area contributed by atoms with E-state index in [0.29, 0.717) is 12.5 Å². The Balaban J connectivity index is 2.40. The number of carbonyl (C=O) groups is 1. The molecule has 0 radical (unpaired) electrons. The first-order valence-corrected chi connectivity index (χ1v) is 9.18. The minimum atomic E-state index is -3.60. The van der Waals surface area contributed by atoms with Gasteiger partial charge in [0.2, 0.25) is 10.0 Å². The summed E-state index contributed by atoms with van der Waals surface area (Å²) in [5.41, 5.74) is 0.241. The average Bonchev–Trinajstić information content (AvgIpc) is 2.96. The molecule has 0 spiro atoms. The minimum absolute atomic E-state index is 0.0445. The van der Waals surface area contributed by atoms with Crippen molar-refractivity contribution in [3.8, 4) is 0 Å². The Bertz CT molecular complexity index is 673. The van der Waals surface area contributed by atoms with E-state index in [0.717, 1.165) is 12.8 Å². The van der Waals surface area contributed by atoms with Crippen LogP contribution in [0.2, 0.25) is 5.02 Å². The van der Waals surface area contributed by atoms with E-state index in [-0.39, 0.29) is 27.4 Å². The Morgan fingerprint density at radius 3 is 2.68 bits per heavy atom. The van der Waals surface area contributed by atoms with Crippen molar-refractivity contribution in [2.45, 2.75) is 37.6 Å². The van der Waals surface area contributed by atoms with Gasteiger partial charge in [0, 0.05) is 12.6 Å². The second-order valence-corrected chi connectivity index (χ2v) is 8.10. The third-order valence-electron chi connectivity index (χ3n) is 4.08. The van der Waals surface area contributed by atoms with Gasteiger partial charge in [-0.3, -0.25) is 4.79 Å². The van der Waals surface area contributed by atoms with Crippen molar-refractivity contribution in [3.05, 3.63) is 28.8 Å². The zero-order valence-electron chi connectivity index (χ0n) is 13.0. The molecule has 1 aliphatic rings. The Kier molecular flexibility index (Phi) is 5.14. The van der Waals surface area contributed by atoms with E-state index < -0.39 is 10.0 Å². The van der Waals surface area contributed by atoms with Gasteiger partial charge in [-0.1, -0.05) is 25.4 Å². The van der Waals surface area contributed by atoms with E-state index in [1.165, 1.54) is 25.2 Å². The lowest BCUT2D eigenvalue weighted by Crippen LogP contribution is -2.38. The standard InChI is InChI=1S/C15H21ClN2O3S/c1-10(2)14-5-4-8-18(14)15(19)12-9-11(6-7-13(12)16)22(20,21)17-3/h6-7,9-10,14,17H,4-5,8H2,1-3H3/t14-/m0/s1. The number of rotatable bonds is 4. The molecule has 1 saturated heterocycles. The molecule has 7 heteroatoms. The van der Waals surface area contributed by atoms with Crippen LogP contribution in [0.1, 0.15) is 37.0 Å². The molecule has 5 nitrogen and oxygen atoms in total.